The van der Waals surface area contributed by atoms with Crippen LogP contribution in [0.25, 0.3) is 11.1 Å². The van der Waals surface area contributed by atoms with Crippen molar-refractivity contribution in [3.05, 3.63) is 59.1 Å². The van der Waals surface area contributed by atoms with Crippen molar-refractivity contribution in [2.24, 2.45) is 5.84 Å². The van der Waals surface area contributed by atoms with Crippen LogP contribution in [0.5, 0.6) is 0 Å². The van der Waals surface area contributed by atoms with E-state index in [1.165, 1.54) is 5.01 Å². The smallest absolute Gasteiger partial charge is 0.336 e. The molecule has 0 aromatic heterocycles. The lowest BCUT2D eigenvalue weighted by Gasteiger charge is -2.20. The molecule has 0 amide bonds. The summed E-state index contributed by atoms with van der Waals surface area (Å²) in [7, 11) is 0. The quantitative estimate of drug-likeness (QED) is 0.450. The maximum absolute atomic E-state index is 11.6. The van der Waals surface area contributed by atoms with Gasteiger partial charge in [-0.2, -0.15) is 0 Å². The number of rotatable bonds is 7. The predicted molar refractivity (Wildman–Crippen MR) is 98.7 cm³/mol. The summed E-state index contributed by atoms with van der Waals surface area (Å²) < 4.78 is 4.96. The van der Waals surface area contributed by atoms with Crippen molar-refractivity contribution in [1.29, 1.82) is 0 Å². The molecule has 0 fully saturated rings. The SMILES string of the molecule is CC(C)OC(=O)C(O)CN(N)Cc1ccc(-c2cccc(Cl)c2)cc1. The minimum atomic E-state index is -1.27. The molecular weight excluding hydrogens is 340 g/mol. The Bertz CT molecular complexity index is 704. The van der Waals surface area contributed by atoms with Crippen LogP contribution in [0.3, 0.4) is 0 Å². The molecule has 6 heteroatoms. The van der Waals surface area contributed by atoms with Crippen molar-refractivity contribution < 1.29 is 14.6 Å². The molecular formula is C19H23ClN2O3. The molecule has 2 aromatic carbocycles. The summed E-state index contributed by atoms with van der Waals surface area (Å²) in [5.74, 6) is 5.23. The van der Waals surface area contributed by atoms with Crippen LogP contribution >= 0.6 is 11.6 Å². The zero-order chi connectivity index (χ0) is 18.4. The van der Waals surface area contributed by atoms with Crippen molar-refractivity contribution in [2.75, 3.05) is 6.54 Å². The molecule has 0 aliphatic heterocycles. The summed E-state index contributed by atoms with van der Waals surface area (Å²) in [5, 5.41) is 11.9. The normalized spacial score (nSPS) is 12.4. The molecule has 0 heterocycles. The molecule has 0 bridgehead atoms. The Morgan fingerprint density at radius 1 is 1.20 bits per heavy atom. The number of carbonyl (C=O) groups is 1. The molecule has 0 radical (unpaired) electrons. The first-order chi connectivity index (χ1) is 11.8. The highest BCUT2D eigenvalue weighted by atomic mass is 35.5. The van der Waals surface area contributed by atoms with E-state index in [9.17, 15) is 9.90 Å². The second-order valence-corrected chi connectivity index (χ2v) is 6.57. The largest absolute Gasteiger partial charge is 0.461 e. The first-order valence-corrected chi connectivity index (χ1v) is 8.46. The first kappa shape index (κ1) is 19.4. The number of carbonyl (C=O) groups excluding carboxylic acids is 1. The third-order valence-corrected chi connectivity index (χ3v) is 3.76. The standard InChI is InChI=1S/C19H23ClN2O3/c1-13(2)25-19(24)18(23)12-22(21)11-14-6-8-15(9-7-14)16-4-3-5-17(20)10-16/h3-10,13,18,23H,11-12,21H2,1-2H3. The number of ether oxygens (including phenoxy) is 1. The van der Waals surface area contributed by atoms with E-state index in [1.807, 2.05) is 48.5 Å². The van der Waals surface area contributed by atoms with Crippen LogP contribution in [0.15, 0.2) is 48.5 Å². The van der Waals surface area contributed by atoms with Crippen LogP contribution in [0.4, 0.5) is 0 Å². The fourth-order valence-electron chi connectivity index (χ4n) is 2.38. The molecule has 134 valence electrons. The van der Waals surface area contributed by atoms with Crippen LogP contribution in [0, 0.1) is 0 Å². The molecule has 0 aliphatic carbocycles. The van der Waals surface area contributed by atoms with Crippen molar-refractivity contribution in [3.63, 3.8) is 0 Å². The van der Waals surface area contributed by atoms with Crippen LogP contribution < -0.4 is 5.84 Å². The van der Waals surface area contributed by atoms with Gasteiger partial charge in [-0.1, -0.05) is 48.0 Å². The highest BCUT2D eigenvalue weighted by Gasteiger charge is 2.20. The van der Waals surface area contributed by atoms with E-state index in [0.29, 0.717) is 11.6 Å². The summed E-state index contributed by atoms with van der Waals surface area (Å²) in [4.78, 5) is 11.6. The summed E-state index contributed by atoms with van der Waals surface area (Å²) in [6.45, 7) is 3.86. The number of aliphatic hydroxyl groups is 1. The summed E-state index contributed by atoms with van der Waals surface area (Å²) >= 11 is 6.02. The zero-order valence-corrected chi connectivity index (χ0v) is 15.1. The number of esters is 1. The van der Waals surface area contributed by atoms with Gasteiger partial charge in [0.2, 0.25) is 0 Å². The molecule has 3 N–H and O–H groups in total. The van der Waals surface area contributed by atoms with Gasteiger partial charge in [0.05, 0.1) is 12.6 Å². The molecule has 1 atom stereocenters. The molecule has 0 aliphatic rings. The van der Waals surface area contributed by atoms with Gasteiger partial charge in [-0.05, 0) is 42.7 Å². The molecule has 0 saturated carbocycles. The number of hydrogen-bond acceptors (Lipinski definition) is 5. The second kappa shape index (κ2) is 8.97. The molecule has 1 unspecified atom stereocenters. The van der Waals surface area contributed by atoms with E-state index in [0.717, 1.165) is 16.7 Å². The lowest BCUT2D eigenvalue weighted by molar-refractivity contribution is -0.158. The monoisotopic (exact) mass is 362 g/mol. The third kappa shape index (κ3) is 6.14. The average Bonchev–Trinajstić information content (AvgIpc) is 2.54. The zero-order valence-electron chi connectivity index (χ0n) is 14.4. The van der Waals surface area contributed by atoms with Gasteiger partial charge in [-0.3, -0.25) is 5.84 Å². The van der Waals surface area contributed by atoms with E-state index in [2.05, 4.69) is 0 Å². The number of hydrazine groups is 1. The lowest BCUT2D eigenvalue weighted by Crippen LogP contribution is -2.41. The molecule has 5 nitrogen and oxygen atoms in total. The summed E-state index contributed by atoms with van der Waals surface area (Å²) in [5.41, 5.74) is 3.06. The number of hydrogen-bond donors (Lipinski definition) is 2. The Kier molecular flexibility index (Phi) is 6.96. The Balaban J connectivity index is 1.93. The van der Waals surface area contributed by atoms with Gasteiger partial charge >= 0.3 is 5.97 Å². The number of benzene rings is 2. The van der Waals surface area contributed by atoms with Crippen molar-refractivity contribution in [2.45, 2.75) is 32.6 Å². The molecule has 25 heavy (non-hydrogen) atoms. The minimum Gasteiger partial charge on any atom is -0.461 e. The van der Waals surface area contributed by atoms with E-state index in [-0.39, 0.29) is 12.6 Å². The summed E-state index contributed by atoms with van der Waals surface area (Å²) in [6.07, 6.45) is -1.54. The van der Waals surface area contributed by atoms with Gasteiger partial charge < -0.3 is 9.84 Å². The van der Waals surface area contributed by atoms with Crippen LogP contribution in [0.1, 0.15) is 19.4 Å². The van der Waals surface area contributed by atoms with E-state index < -0.39 is 12.1 Å². The molecule has 2 aromatic rings. The lowest BCUT2D eigenvalue weighted by atomic mass is 10.0. The van der Waals surface area contributed by atoms with E-state index in [4.69, 9.17) is 22.2 Å². The predicted octanol–water partition coefficient (Wildman–Crippen LogP) is 3.00. The Morgan fingerprint density at radius 2 is 1.88 bits per heavy atom. The van der Waals surface area contributed by atoms with Crippen molar-refractivity contribution in [3.8, 4) is 11.1 Å². The number of nitrogens with zero attached hydrogens (tertiary/aromatic N) is 1. The van der Waals surface area contributed by atoms with Gasteiger partial charge in [0.25, 0.3) is 0 Å². The highest BCUT2D eigenvalue weighted by Crippen LogP contribution is 2.23. The topological polar surface area (TPSA) is 75.8 Å². The molecule has 2 rings (SSSR count). The average molecular weight is 363 g/mol. The third-order valence-electron chi connectivity index (χ3n) is 3.53. The first-order valence-electron chi connectivity index (χ1n) is 8.08. The van der Waals surface area contributed by atoms with E-state index >= 15 is 0 Å². The minimum absolute atomic E-state index is 0.00159. The van der Waals surface area contributed by atoms with Crippen molar-refractivity contribution in [1.82, 2.24) is 5.01 Å². The maximum Gasteiger partial charge on any atom is 0.336 e. The molecule has 0 spiro atoms. The van der Waals surface area contributed by atoms with Gasteiger partial charge in [0.1, 0.15) is 0 Å². The number of nitrogens with two attached hydrogens (primary N) is 1. The highest BCUT2D eigenvalue weighted by molar-refractivity contribution is 6.30. The van der Waals surface area contributed by atoms with Gasteiger partial charge in [0, 0.05) is 11.6 Å². The summed E-state index contributed by atoms with van der Waals surface area (Å²) in [6, 6.07) is 15.5. The maximum atomic E-state index is 11.6. The Morgan fingerprint density at radius 3 is 2.48 bits per heavy atom. The van der Waals surface area contributed by atoms with E-state index in [1.54, 1.807) is 13.8 Å². The molecule has 0 saturated heterocycles. The fraction of sp³-hybridized carbons (Fsp3) is 0.316. The second-order valence-electron chi connectivity index (χ2n) is 6.14. The Labute approximate surface area is 152 Å². The fourth-order valence-corrected chi connectivity index (χ4v) is 2.57. The van der Waals surface area contributed by atoms with Gasteiger partial charge in [0.15, 0.2) is 6.10 Å². The van der Waals surface area contributed by atoms with Crippen LogP contribution in [-0.2, 0) is 16.1 Å². The number of aliphatic hydroxyl groups excluding tert-OH is 1. The van der Waals surface area contributed by atoms with Gasteiger partial charge in [-0.25, -0.2) is 9.80 Å². The van der Waals surface area contributed by atoms with Crippen LogP contribution in [0.2, 0.25) is 5.02 Å². The Hall–Kier alpha value is -1.92. The van der Waals surface area contributed by atoms with Gasteiger partial charge in [-0.15, -0.1) is 0 Å². The number of halogens is 1. The van der Waals surface area contributed by atoms with Crippen molar-refractivity contribution >= 4 is 17.6 Å². The van der Waals surface area contributed by atoms with Crippen LogP contribution in [-0.4, -0.2) is 34.8 Å².